The van der Waals surface area contributed by atoms with Crippen LogP contribution >= 0.6 is 0 Å². The maximum Gasteiger partial charge on any atom is 0.226 e. The molecule has 1 aliphatic carbocycles. The highest BCUT2D eigenvalue weighted by Gasteiger charge is 2.37. The fourth-order valence-corrected chi connectivity index (χ4v) is 3.94. The van der Waals surface area contributed by atoms with Crippen LogP contribution in [0.1, 0.15) is 46.0 Å². The minimum absolute atomic E-state index is 0.00582. The van der Waals surface area contributed by atoms with Crippen molar-refractivity contribution in [2.24, 2.45) is 28.8 Å². The molecule has 2 aliphatic rings. The second-order valence-corrected chi connectivity index (χ2v) is 6.89. The molecule has 0 aromatic heterocycles. The van der Waals surface area contributed by atoms with Crippen molar-refractivity contribution in [1.82, 2.24) is 10.7 Å². The first-order valence-electron chi connectivity index (χ1n) is 8.15. The SMILES string of the molecule is CNN=C1C(C)CC(C)CC1C(O)CC1CC(=O)NC(=O)C1. The van der Waals surface area contributed by atoms with Gasteiger partial charge in [0, 0.05) is 31.5 Å². The van der Waals surface area contributed by atoms with Crippen LogP contribution in [0.4, 0.5) is 0 Å². The highest BCUT2D eigenvalue weighted by Crippen LogP contribution is 2.35. The average molecular weight is 309 g/mol. The number of nitrogens with zero attached hydrogens (tertiary/aromatic N) is 1. The van der Waals surface area contributed by atoms with E-state index in [-0.39, 0.29) is 23.7 Å². The molecule has 6 nitrogen and oxygen atoms in total. The van der Waals surface area contributed by atoms with Gasteiger partial charge in [0.05, 0.1) is 6.10 Å². The standard InChI is InChI=1S/C16H27N3O3/c1-9-4-10(2)16(19-17-3)12(5-9)13(20)6-11-7-14(21)18-15(22)8-11/h9-13,17,20H,4-8H2,1-3H3,(H,18,21,22). The number of hydrogen-bond acceptors (Lipinski definition) is 5. The lowest BCUT2D eigenvalue weighted by Gasteiger charge is -2.37. The molecule has 0 aromatic carbocycles. The summed E-state index contributed by atoms with van der Waals surface area (Å²) in [7, 11) is 1.77. The van der Waals surface area contributed by atoms with Gasteiger partial charge < -0.3 is 10.5 Å². The molecular formula is C16H27N3O3. The van der Waals surface area contributed by atoms with Gasteiger partial charge in [-0.3, -0.25) is 14.9 Å². The fraction of sp³-hybridized carbons (Fsp3) is 0.812. The number of carbonyl (C=O) groups excluding carboxylic acids is 2. The van der Waals surface area contributed by atoms with E-state index in [9.17, 15) is 14.7 Å². The Labute approximate surface area is 131 Å². The first-order chi connectivity index (χ1) is 10.4. The largest absolute Gasteiger partial charge is 0.392 e. The lowest BCUT2D eigenvalue weighted by atomic mass is 9.71. The Bertz CT molecular complexity index is 448. The van der Waals surface area contributed by atoms with Gasteiger partial charge in [0.1, 0.15) is 0 Å². The molecule has 0 bridgehead atoms. The summed E-state index contributed by atoms with van der Waals surface area (Å²) in [6, 6.07) is 0. The Morgan fingerprint density at radius 1 is 1.27 bits per heavy atom. The average Bonchev–Trinajstić information content (AvgIpc) is 2.40. The number of hydrazone groups is 1. The second kappa shape index (κ2) is 7.22. The number of carbonyl (C=O) groups is 2. The Hall–Kier alpha value is -1.43. The first-order valence-corrected chi connectivity index (χ1v) is 8.15. The van der Waals surface area contributed by atoms with Gasteiger partial charge in [0.25, 0.3) is 0 Å². The molecule has 1 heterocycles. The summed E-state index contributed by atoms with van der Waals surface area (Å²) in [5.41, 5.74) is 3.86. The van der Waals surface area contributed by atoms with Crippen LogP contribution in [-0.4, -0.2) is 35.8 Å². The van der Waals surface area contributed by atoms with E-state index in [0.29, 0.717) is 31.1 Å². The summed E-state index contributed by atoms with van der Waals surface area (Å²) in [5, 5.41) is 17.4. The molecule has 1 saturated heterocycles. The van der Waals surface area contributed by atoms with Crippen molar-refractivity contribution in [2.45, 2.75) is 52.1 Å². The fourth-order valence-electron chi connectivity index (χ4n) is 3.94. The third-order valence-electron chi connectivity index (χ3n) is 4.80. The van der Waals surface area contributed by atoms with Crippen molar-refractivity contribution in [3.05, 3.63) is 0 Å². The number of hydrogen-bond donors (Lipinski definition) is 3. The lowest BCUT2D eigenvalue weighted by Crippen LogP contribution is -2.43. The van der Waals surface area contributed by atoms with Gasteiger partial charge in [-0.15, -0.1) is 0 Å². The summed E-state index contributed by atoms with van der Waals surface area (Å²) in [6.07, 6.45) is 2.54. The van der Waals surface area contributed by atoms with E-state index in [2.05, 4.69) is 29.7 Å². The Balaban J connectivity index is 2.05. The number of aliphatic hydroxyl groups is 1. The number of nitrogens with one attached hydrogen (secondary N) is 2. The third kappa shape index (κ3) is 4.06. The number of rotatable bonds is 4. The normalized spacial score (nSPS) is 33.6. The maximum atomic E-state index is 11.5. The molecule has 0 radical (unpaired) electrons. The molecular weight excluding hydrogens is 282 g/mol. The zero-order valence-electron chi connectivity index (χ0n) is 13.6. The van der Waals surface area contributed by atoms with Crippen molar-refractivity contribution in [3.8, 4) is 0 Å². The van der Waals surface area contributed by atoms with Gasteiger partial charge in [-0.25, -0.2) is 0 Å². The van der Waals surface area contributed by atoms with Crippen molar-refractivity contribution < 1.29 is 14.7 Å². The van der Waals surface area contributed by atoms with Crippen molar-refractivity contribution in [1.29, 1.82) is 0 Å². The van der Waals surface area contributed by atoms with Crippen molar-refractivity contribution in [3.63, 3.8) is 0 Å². The van der Waals surface area contributed by atoms with E-state index in [1.165, 1.54) is 0 Å². The van der Waals surface area contributed by atoms with Gasteiger partial charge in [0.2, 0.25) is 11.8 Å². The number of imide groups is 1. The van der Waals surface area contributed by atoms with Gasteiger partial charge >= 0.3 is 0 Å². The van der Waals surface area contributed by atoms with E-state index >= 15 is 0 Å². The van der Waals surface area contributed by atoms with Gasteiger partial charge in [-0.05, 0) is 37.0 Å². The van der Waals surface area contributed by atoms with E-state index in [4.69, 9.17) is 0 Å². The highest BCUT2D eigenvalue weighted by atomic mass is 16.3. The quantitative estimate of drug-likeness (QED) is 0.535. The molecule has 3 N–H and O–H groups in total. The smallest absolute Gasteiger partial charge is 0.226 e. The minimum atomic E-state index is -0.555. The molecule has 4 unspecified atom stereocenters. The van der Waals surface area contributed by atoms with Crippen LogP contribution in [0.3, 0.4) is 0 Å². The third-order valence-corrected chi connectivity index (χ3v) is 4.80. The Morgan fingerprint density at radius 3 is 2.50 bits per heavy atom. The lowest BCUT2D eigenvalue weighted by molar-refractivity contribution is -0.135. The number of aliphatic hydroxyl groups excluding tert-OH is 1. The van der Waals surface area contributed by atoms with Crippen LogP contribution in [0.5, 0.6) is 0 Å². The van der Waals surface area contributed by atoms with Crippen molar-refractivity contribution in [2.75, 3.05) is 7.05 Å². The summed E-state index contributed by atoms with van der Waals surface area (Å²) < 4.78 is 0. The number of piperidine rings is 1. The van der Waals surface area contributed by atoms with Crippen molar-refractivity contribution >= 4 is 17.5 Å². The molecule has 124 valence electrons. The van der Waals surface area contributed by atoms with Gasteiger partial charge in [-0.2, -0.15) is 5.10 Å². The van der Waals surface area contributed by atoms with Crippen LogP contribution in [0.15, 0.2) is 5.10 Å². The monoisotopic (exact) mass is 309 g/mol. The summed E-state index contributed by atoms with van der Waals surface area (Å²) in [4.78, 5) is 22.9. The van der Waals surface area contributed by atoms with E-state index in [1.54, 1.807) is 7.05 Å². The Kier molecular flexibility index (Phi) is 5.56. The summed E-state index contributed by atoms with van der Waals surface area (Å²) >= 11 is 0. The topological polar surface area (TPSA) is 90.8 Å². The minimum Gasteiger partial charge on any atom is -0.392 e. The molecule has 6 heteroatoms. The summed E-state index contributed by atoms with van der Waals surface area (Å²) in [6.45, 7) is 4.34. The molecule has 22 heavy (non-hydrogen) atoms. The highest BCUT2D eigenvalue weighted by molar-refractivity contribution is 5.97. The molecule has 1 saturated carbocycles. The molecule has 4 atom stereocenters. The van der Waals surface area contributed by atoms with Crippen LogP contribution in [0, 0.1) is 23.7 Å². The predicted molar refractivity (Wildman–Crippen MR) is 84.0 cm³/mol. The van der Waals surface area contributed by atoms with Gasteiger partial charge in [0.15, 0.2) is 0 Å². The molecule has 2 fully saturated rings. The van der Waals surface area contributed by atoms with E-state index in [1.807, 2.05) is 0 Å². The first kappa shape index (κ1) is 16.9. The van der Waals surface area contributed by atoms with E-state index in [0.717, 1.165) is 18.6 Å². The zero-order chi connectivity index (χ0) is 16.3. The molecule has 0 spiro atoms. The van der Waals surface area contributed by atoms with E-state index < -0.39 is 6.10 Å². The molecule has 2 rings (SSSR count). The van der Waals surface area contributed by atoms with Crippen LogP contribution < -0.4 is 10.7 Å². The maximum absolute atomic E-state index is 11.5. The molecule has 1 aliphatic heterocycles. The zero-order valence-corrected chi connectivity index (χ0v) is 13.6. The second-order valence-electron chi connectivity index (χ2n) is 6.89. The Morgan fingerprint density at radius 2 is 1.91 bits per heavy atom. The summed E-state index contributed by atoms with van der Waals surface area (Å²) in [5.74, 6) is 0.352. The van der Waals surface area contributed by atoms with Crippen LogP contribution in [-0.2, 0) is 9.59 Å². The molecule has 0 aromatic rings. The molecule has 2 amide bonds. The predicted octanol–water partition coefficient (Wildman–Crippen LogP) is 1.05. The van der Waals surface area contributed by atoms with Crippen LogP contribution in [0.2, 0.25) is 0 Å². The van der Waals surface area contributed by atoms with Crippen LogP contribution in [0.25, 0.3) is 0 Å². The number of amides is 2. The van der Waals surface area contributed by atoms with Gasteiger partial charge in [-0.1, -0.05) is 13.8 Å².